The Hall–Kier alpha value is -1.55. The third-order valence-corrected chi connectivity index (χ3v) is 3.95. The molecule has 116 valence electrons. The van der Waals surface area contributed by atoms with Crippen molar-refractivity contribution in [2.45, 2.75) is 58.1 Å². The molecule has 1 aliphatic rings. The van der Waals surface area contributed by atoms with Gasteiger partial charge in [-0.1, -0.05) is 31.4 Å². The van der Waals surface area contributed by atoms with Crippen LogP contribution in [0.15, 0.2) is 18.2 Å². The van der Waals surface area contributed by atoms with E-state index >= 15 is 0 Å². The molecular weight excluding hydrogens is 266 g/mol. The van der Waals surface area contributed by atoms with Gasteiger partial charge in [0.25, 0.3) is 5.91 Å². The van der Waals surface area contributed by atoms with E-state index in [0.29, 0.717) is 17.4 Å². The fourth-order valence-electron chi connectivity index (χ4n) is 2.77. The molecule has 21 heavy (non-hydrogen) atoms. The van der Waals surface area contributed by atoms with Crippen molar-refractivity contribution in [2.24, 2.45) is 0 Å². The van der Waals surface area contributed by atoms with Crippen molar-refractivity contribution >= 4 is 5.91 Å². The van der Waals surface area contributed by atoms with Crippen molar-refractivity contribution < 1.29 is 14.6 Å². The third-order valence-electron chi connectivity index (χ3n) is 3.95. The van der Waals surface area contributed by atoms with Crippen LogP contribution in [-0.2, 0) is 4.79 Å². The lowest BCUT2D eigenvalue weighted by Crippen LogP contribution is -2.39. The highest BCUT2D eigenvalue weighted by Crippen LogP contribution is 2.26. The molecule has 0 saturated heterocycles. The van der Waals surface area contributed by atoms with E-state index in [1.54, 1.807) is 6.92 Å². The van der Waals surface area contributed by atoms with Gasteiger partial charge in [-0.15, -0.1) is 0 Å². The van der Waals surface area contributed by atoms with Gasteiger partial charge < -0.3 is 15.2 Å². The summed E-state index contributed by atoms with van der Waals surface area (Å²) in [6.07, 6.45) is 5.17. The molecule has 0 spiro atoms. The molecule has 1 amide bonds. The number of rotatable bonds is 5. The lowest BCUT2D eigenvalue weighted by molar-refractivity contribution is -0.124. The van der Waals surface area contributed by atoms with Crippen LogP contribution in [0.4, 0.5) is 0 Å². The van der Waals surface area contributed by atoms with Crippen LogP contribution < -0.4 is 10.1 Å². The minimum atomic E-state index is -0.609. The van der Waals surface area contributed by atoms with Gasteiger partial charge in [-0.3, -0.25) is 4.79 Å². The zero-order valence-electron chi connectivity index (χ0n) is 12.9. The van der Waals surface area contributed by atoms with E-state index < -0.39 is 6.10 Å². The molecule has 1 aliphatic carbocycles. The van der Waals surface area contributed by atoms with E-state index in [1.807, 2.05) is 25.1 Å². The number of ether oxygens (including phenoxy) is 1. The molecule has 2 N–H and O–H groups in total. The highest BCUT2D eigenvalue weighted by atomic mass is 16.5. The number of carbonyl (C=O) groups excluding carboxylic acids is 1. The number of aryl methyl sites for hydroxylation is 1. The Bertz CT molecular complexity index is 479. The van der Waals surface area contributed by atoms with E-state index in [-0.39, 0.29) is 12.5 Å². The second-order valence-corrected chi connectivity index (χ2v) is 5.91. The number of amides is 1. The molecule has 1 fully saturated rings. The third kappa shape index (κ3) is 4.74. The number of aliphatic hydroxyl groups excluding tert-OH is 1. The summed E-state index contributed by atoms with van der Waals surface area (Å²) >= 11 is 0. The standard InChI is InChI=1S/C17H25NO3/c1-12-8-9-15(13(2)19)16(10-12)21-11-17(20)18-14-6-4-3-5-7-14/h8-10,13-14,19H,3-7,11H2,1-2H3,(H,18,20)/t13-/m1/s1. The largest absolute Gasteiger partial charge is 0.483 e. The molecule has 1 saturated carbocycles. The summed E-state index contributed by atoms with van der Waals surface area (Å²) in [4.78, 5) is 12.0. The smallest absolute Gasteiger partial charge is 0.258 e. The van der Waals surface area contributed by atoms with Gasteiger partial charge in [-0.2, -0.15) is 0 Å². The van der Waals surface area contributed by atoms with Crippen molar-refractivity contribution in [3.05, 3.63) is 29.3 Å². The van der Waals surface area contributed by atoms with Crippen LogP contribution in [0.5, 0.6) is 5.75 Å². The van der Waals surface area contributed by atoms with E-state index in [2.05, 4.69) is 5.32 Å². The van der Waals surface area contributed by atoms with Gasteiger partial charge in [-0.25, -0.2) is 0 Å². The molecule has 4 nitrogen and oxygen atoms in total. The van der Waals surface area contributed by atoms with E-state index in [0.717, 1.165) is 18.4 Å². The maximum absolute atomic E-state index is 12.0. The van der Waals surface area contributed by atoms with E-state index in [4.69, 9.17) is 4.74 Å². The fraction of sp³-hybridized carbons (Fsp3) is 0.588. The second kappa shape index (κ2) is 7.46. The maximum atomic E-state index is 12.0. The van der Waals surface area contributed by atoms with Crippen molar-refractivity contribution in [3.63, 3.8) is 0 Å². The number of aliphatic hydroxyl groups is 1. The molecule has 0 radical (unpaired) electrons. The lowest BCUT2D eigenvalue weighted by atomic mass is 9.95. The lowest BCUT2D eigenvalue weighted by Gasteiger charge is -2.23. The molecule has 0 aliphatic heterocycles. The van der Waals surface area contributed by atoms with Gasteiger partial charge in [0, 0.05) is 11.6 Å². The van der Waals surface area contributed by atoms with Gasteiger partial charge in [0.15, 0.2) is 6.61 Å². The van der Waals surface area contributed by atoms with Crippen LogP contribution in [0.3, 0.4) is 0 Å². The molecule has 1 aromatic carbocycles. The molecule has 0 unspecified atom stereocenters. The minimum Gasteiger partial charge on any atom is -0.483 e. The van der Waals surface area contributed by atoms with Crippen molar-refractivity contribution in [2.75, 3.05) is 6.61 Å². The first-order valence-corrected chi connectivity index (χ1v) is 7.77. The number of carbonyl (C=O) groups is 1. The first-order valence-electron chi connectivity index (χ1n) is 7.77. The summed E-state index contributed by atoms with van der Waals surface area (Å²) in [6.45, 7) is 3.65. The predicted octanol–water partition coefficient (Wildman–Crippen LogP) is 2.88. The maximum Gasteiger partial charge on any atom is 0.258 e. The Labute approximate surface area is 126 Å². The summed E-state index contributed by atoms with van der Waals surface area (Å²) < 4.78 is 5.61. The summed E-state index contributed by atoms with van der Waals surface area (Å²) in [5.41, 5.74) is 1.76. The van der Waals surface area contributed by atoms with E-state index in [1.165, 1.54) is 19.3 Å². The summed E-state index contributed by atoms with van der Waals surface area (Å²) in [6, 6.07) is 5.92. The second-order valence-electron chi connectivity index (χ2n) is 5.91. The van der Waals surface area contributed by atoms with E-state index in [9.17, 15) is 9.90 Å². The van der Waals surface area contributed by atoms with Crippen LogP contribution >= 0.6 is 0 Å². The Morgan fingerprint density at radius 1 is 1.38 bits per heavy atom. The van der Waals surface area contributed by atoms with Crippen LogP contribution in [-0.4, -0.2) is 23.7 Å². The van der Waals surface area contributed by atoms with Crippen LogP contribution in [0, 0.1) is 6.92 Å². The van der Waals surface area contributed by atoms with Crippen LogP contribution in [0.2, 0.25) is 0 Å². The zero-order chi connectivity index (χ0) is 15.2. The summed E-state index contributed by atoms with van der Waals surface area (Å²) in [5.74, 6) is 0.503. The number of benzene rings is 1. The number of hydrogen-bond acceptors (Lipinski definition) is 3. The topological polar surface area (TPSA) is 58.6 Å². The molecule has 2 rings (SSSR count). The molecule has 0 aromatic heterocycles. The Balaban J connectivity index is 1.89. The van der Waals surface area contributed by atoms with Crippen LogP contribution in [0.1, 0.15) is 56.3 Å². The monoisotopic (exact) mass is 291 g/mol. The molecule has 0 heterocycles. The number of nitrogens with one attached hydrogen (secondary N) is 1. The van der Waals surface area contributed by atoms with Crippen molar-refractivity contribution in [1.29, 1.82) is 0 Å². The molecular formula is C17H25NO3. The zero-order valence-corrected chi connectivity index (χ0v) is 12.9. The van der Waals surface area contributed by atoms with Crippen molar-refractivity contribution in [1.82, 2.24) is 5.32 Å². The first-order chi connectivity index (χ1) is 10.1. The first kappa shape index (κ1) is 15.8. The fourth-order valence-corrected chi connectivity index (χ4v) is 2.77. The van der Waals surface area contributed by atoms with Crippen LogP contribution in [0.25, 0.3) is 0 Å². The Morgan fingerprint density at radius 2 is 2.10 bits per heavy atom. The highest BCUT2D eigenvalue weighted by molar-refractivity contribution is 5.77. The minimum absolute atomic E-state index is 0.000324. The number of hydrogen-bond donors (Lipinski definition) is 2. The average molecular weight is 291 g/mol. The van der Waals surface area contributed by atoms with Gasteiger partial charge in [0.2, 0.25) is 0 Å². The highest BCUT2D eigenvalue weighted by Gasteiger charge is 2.16. The quantitative estimate of drug-likeness (QED) is 0.877. The summed E-state index contributed by atoms with van der Waals surface area (Å²) in [7, 11) is 0. The summed E-state index contributed by atoms with van der Waals surface area (Å²) in [5, 5.41) is 12.8. The van der Waals surface area contributed by atoms with Gasteiger partial charge in [0.05, 0.1) is 6.10 Å². The molecule has 0 bridgehead atoms. The predicted molar refractivity (Wildman–Crippen MR) is 82.3 cm³/mol. The van der Waals surface area contributed by atoms with Gasteiger partial charge >= 0.3 is 0 Å². The van der Waals surface area contributed by atoms with Crippen molar-refractivity contribution in [3.8, 4) is 5.75 Å². The normalized spacial score (nSPS) is 17.3. The Morgan fingerprint density at radius 3 is 2.76 bits per heavy atom. The Kier molecular flexibility index (Phi) is 5.62. The molecule has 1 atom stereocenters. The van der Waals surface area contributed by atoms with Gasteiger partial charge in [-0.05, 0) is 38.3 Å². The molecule has 1 aromatic rings. The molecule has 4 heteroatoms. The van der Waals surface area contributed by atoms with Gasteiger partial charge in [0.1, 0.15) is 5.75 Å². The average Bonchev–Trinajstić information content (AvgIpc) is 2.46. The SMILES string of the molecule is Cc1ccc([C@@H](C)O)c(OCC(=O)NC2CCCCC2)c1.